The molecule has 0 unspecified atom stereocenters. The summed E-state index contributed by atoms with van der Waals surface area (Å²) in [5.41, 5.74) is 1.43. The third kappa shape index (κ3) is 5.71. The highest BCUT2D eigenvalue weighted by molar-refractivity contribution is 14.1. The molecule has 0 bridgehead atoms. The van der Waals surface area contributed by atoms with Gasteiger partial charge >= 0.3 is 0 Å². The first kappa shape index (κ1) is 20.2. The maximum atomic E-state index is 12.7. The van der Waals surface area contributed by atoms with E-state index < -0.39 is 5.91 Å². The van der Waals surface area contributed by atoms with E-state index in [0.29, 0.717) is 26.7 Å². The lowest BCUT2D eigenvalue weighted by atomic mass is 10.2. The zero-order valence-electron chi connectivity index (χ0n) is 14.6. The van der Waals surface area contributed by atoms with Gasteiger partial charge in [-0.15, -0.1) is 0 Å². The molecular weight excluding hydrogens is 491 g/mol. The van der Waals surface area contributed by atoms with Crippen molar-refractivity contribution >= 4 is 52.1 Å². The topological polar surface area (TPSA) is 71.3 Å². The van der Waals surface area contributed by atoms with E-state index in [-0.39, 0.29) is 11.6 Å². The molecule has 0 spiro atoms. The molecule has 7 heteroatoms. The first-order chi connectivity index (χ1) is 13.5. The molecule has 3 aromatic rings. The maximum Gasteiger partial charge on any atom is 0.268 e. The van der Waals surface area contributed by atoms with Gasteiger partial charge in [-0.05, 0) is 64.6 Å². The molecule has 0 saturated carbocycles. The van der Waals surface area contributed by atoms with Crippen molar-refractivity contribution in [1.29, 1.82) is 0 Å². The smallest absolute Gasteiger partial charge is 0.268 e. The van der Waals surface area contributed by atoms with Crippen LogP contribution in [0.2, 0.25) is 5.02 Å². The Morgan fingerprint density at radius 2 is 1.71 bits per heavy atom. The minimum Gasteiger partial charge on any atom is -0.451 e. The highest BCUT2D eigenvalue weighted by Gasteiger charge is 2.15. The van der Waals surface area contributed by atoms with Gasteiger partial charge in [-0.1, -0.05) is 41.9 Å². The molecule has 0 aliphatic heterocycles. The number of carbonyl (C=O) groups is 2. The Balaban J connectivity index is 1.77. The number of hydrogen-bond acceptors (Lipinski definition) is 3. The van der Waals surface area contributed by atoms with Gasteiger partial charge in [-0.25, -0.2) is 0 Å². The zero-order valence-corrected chi connectivity index (χ0v) is 17.5. The largest absolute Gasteiger partial charge is 0.451 e. The van der Waals surface area contributed by atoms with Crippen molar-refractivity contribution in [2.45, 2.75) is 6.54 Å². The second-order valence-corrected chi connectivity index (χ2v) is 7.33. The van der Waals surface area contributed by atoms with E-state index in [4.69, 9.17) is 16.0 Å². The van der Waals surface area contributed by atoms with Crippen LogP contribution in [0.4, 0.5) is 0 Å². The lowest BCUT2D eigenvalue weighted by Gasteiger charge is -2.11. The van der Waals surface area contributed by atoms with Crippen LogP contribution < -0.4 is 10.6 Å². The average Bonchev–Trinajstić information content (AvgIpc) is 3.12. The summed E-state index contributed by atoms with van der Waals surface area (Å²) in [4.78, 5) is 25.2. The molecule has 28 heavy (non-hydrogen) atoms. The van der Waals surface area contributed by atoms with Crippen molar-refractivity contribution in [2.75, 3.05) is 0 Å². The van der Waals surface area contributed by atoms with Crippen LogP contribution in [-0.2, 0) is 11.3 Å². The summed E-state index contributed by atoms with van der Waals surface area (Å²) in [7, 11) is 0. The molecule has 5 nitrogen and oxygen atoms in total. The summed E-state index contributed by atoms with van der Waals surface area (Å²) >= 11 is 7.91. The Morgan fingerprint density at radius 1 is 1.00 bits per heavy atom. The number of amides is 2. The van der Waals surface area contributed by atoms with Crippen molar-refractivity contribution in [3.05, 3.63) is 98.1 Å². The predicted octanol–water partition coefficient (Wildman–Crippen LogP) is 4.62. The second kappa shape index (κ2) is 9.57. The van der Waals surface area contributed by atoms with Crippen LogP contribution in [0.1, 0.15) is 21.7 Å². The monoisotopic (exact) mass is 506 g/mol. The first-order valence-electron chi connectivity index (χ1n) is 8.37. The molecule has 0 saturated heterocycles. The summed E-state index contributed by atoms with van der Waals surface area (Å²) in [5.74, 6) is -0.338. The molecule has 0 atom stereocenters. The molecule has 0 radical (unpaired) electrons. The molecule has 1 heterocycles. The van der Waals surface area contributed by atoms with Gasteiger partial charge in [0.05, 0.1) is 0 Å². The van der Waals surface area contributed by atoms with Crippen molar-refractivity contribution in [3.63, 3.8) is 0 Å². The quantitative estimate of drug-likeness (QED) is 0.378. The highest BCUT2D eigenvalue weighted by atomic mass is 127. The van der Waals surface area contributed by atoms with E-state index in [9.17, 15) is 9.59 Å². The average molecular weight is 507 g/mol. The number of halogens is 2. The summed E-state index contributed by atoms with van der Waals surface area (Å²) in [6, 6.07) is 19.3. The summed E-state index contributed by atoms with van der Waals surface area (Å²) < 4.78 is 6.17. The normalized spacial score (nSPS) is 11.1. The lowest BCUT2D eigenvalue weighted by molar-refractivity contribution is -0.117. The van der Waals surface area contributed by atoms with Gasteiger partial charge in [0, 0.05) is 23.2 Å². The minimum atomic E-state index is -0.425. The van der Waals surface area contributed by atoms with E-state index in [2.05, 4.69) is 10.6 Å². The van der Waals surface area contributed by atoms with Crippen LogP contribution >= 0.6 is 34.2 Å². The number of furan rings is 1. The number of rotatable bonds is 6. The van der Waals surface area contributed by atoms with Gasteiger partial charge in [0.15, 0.2) is 3.77 Å². The second-order valence-electron chi connectivity index (χ2n) is 5.83. The molecule has 3 rings (SSSR count). The predicted molar refractivity (Wildman–Crippen MR) is 117 cm³/mol. The van der Waals surface area contributed by atoms with E-state index in [0.717, 1.165) is 5.56 Å². The fourth-order valence-electron chi connectivity index (χ4n) is 2.37. The molecule has 2 aromatic carbocycles. The van der Waals surface area contributed by atoms with Gasteiger partial charge in [0.1, 0.15) is 11.5 Å². The highest BCUT2D eigenvalue weighted by Crippen LogP contribution is 2.14. The van der Waals surface area contributed by atoms with Gasteiger partial charge in [0.25, 0.3) is 11.8 Å². The van der Waals surface area contributed by atoms with Crippen molar-refractivity contribution in [1.82, 2.24) is 10.6 Å². The third-order valence-corrected chi connectivity index (χ3v) is 4.61. The number of hydrogen-bond donors (Lipinski definition) is 2. The minimum absolute atomic E-state index is 0.0913. The first-order valence-corrected chi connectivity index (χ1v) is 9.83. The molecule has 2 N–H and O–H groups in total. The van der Waals surface area contributed by atoms with Gasteiger partial charge < -0.3 is 15.1 Å². The Kier molecular flexibility index (Phi) is 6.89. The van der Waals surface area contributed by atoms with Crippen LogP contribution in [0.25, 0.3) is 6.08 Å². The number of nitrogens with one attached hydrogen (secondary N) is 2. The molecule has 0 aliphatic carbocycles. The van der Waals surface area contributed by atoms with Crippen LogP contribution in [-0.4, -0.2) is 11.8 Å². The molecule has 0 fully saturated rings. The number of carbonyl (C=O) groups excluding carboxylic acids is 2. The van der Waals surface area contributed by atoms with Gasteiger partial charge in [0.2, 0.25) is 0 Å². The SMILES string of the molecule is O=C(NCc1ccc(Cl)cc1)/C(=C\c1ccc(I)o1)NC(=O)c1ccccc1. The Labute approximate surface area is 180 Å². The van der Waals surface area contributed by atoms with Crippen LogP contribution in [0.15, 0.2) is 76.8 Å². The summed E-state index contributed by atoms with van der Waals surface area (Å²) in [6.07, 6.45) is 1.50. The fourth-order valence-corrected chi connectivity index (χ4v) is 2.93. The Bertz CT molecular complexity index is 998. The Hall–Kier alpha value is -2.58. The van der Waals surface area contributed by atoms with Crippen molar-refractivity contribution < 1.29 is 14.0 Å². The summed E-state index contributed by atoms with van der Waals surface area (Å²) in [5, 5.41) is 6.08. The van der Waals surface area contributed by atoms with E-state index in [1.54, 1.807) is 48.5 Å². The maximum absolute atomic E-state index is 12.7. The van der Waals surface area contributed by atoms with E-state index in [1.165, 1.54) is 6.08 Å². The molecule has 142 valence electrons. The Morgan fingerprint density at radius 3 is 2.36 bits per heavy atom. The third-order valence-electron chi connectivity index (χ3n) is 3.78. The molecule has 0 aliphatic rings. The molecule has 1 aromatic heterocycles. The van der Waals surface area contributed by atoms with Crippen molar-refractivity contribution in [2.24, 2.45) is 0 Å². The van der Waals surface area contributed by atoms with Crippen LogP contribution in [0, 0.1) is 3.77 Å². The lowest BCUT2D eigenvalue weighted by Crippen LogP contribution is -2.34. The van der Waals surface area contributed by atoms with Crippen molar-refractivity contribution in [3.8, 4) is 0 Å². The summed E-state index contributed by atoms with van der Waals surface area (Å²) in [6.45, 7) is 0.296. The standard InChI is InChI=1S/C21H16ClIN2O3/c22-16-8-6-14(7-9-16)13-24-21(27)18(12-17-10-11-19(23)28-17)25-20(26)15-4-2-1-3-5-15/h1-12H,13H2,(H,24,27)(H,25,26)/b18-12+. The van der Waals surface area contributed by atoms with E-state index >= 15 is 0 Å². The molecule has 2 amide bonds. The van der Waals surface area contributed by atoms with Gasteiger partial charge in [-0.3, -0.25) is 9.59 Å². The van der Waals surface area contributed by atoms with Crippen LogP contribution in [0.5, 0.6) is 0 Å². The zero-order chi connectivity index (χ0) is 19.9. The number of benzene rings is 2. The van der Waals surface area contributed by atoms with Crippen LogP contribution in [0.3, 0.4) is 0 Å². The van der Waals surface area contributed by atoms with E-state index in [1.807, 2.05) is 40.8 Å². The van der Waals surface area contributed by atoms with Gasteiger partial charge in [-0.2, -0.15) is 0 Å². The fraction of sp³-hybridized carbons (Fsp3) is 0.0476. The molecular formula is C21H16ClIN2O3.